The number of rotatable bonds is 4. The topological polar surface area (TPSA) is 36.4 Å². The van der Waals surface area contributed by atoms with E-state index in [0.29, 0.717) is 5.92 Å². The highest BCUT2D eigenvalue weighted by molar-refractivity contribution is 7.17. The molecule has 1 aliphatic heterocycles. The number of anilines is 1. The minimum atomic E-state index is 0.179. The molecule has 0 N–H and O–H groups in total. The zero-order valence-electron chi connectivity index (χ0n) is 11.7. The molecule has 2 aliphatic rings. The molecule has 0 atom stereocenters. The summed E-state index contributed by atoms with van der Waals surface area (Å²) in [6.45, 7) is 9.26. The van der Waals surface area contributed by atoms with E-state index >= 15 is 0 Å². The van der Waals surface area contributed by atoms with Gasteiger partial charge in [0.15, 0.2) is 10.9 Å². The molecule has 1 aromatic rings. The first kappa shape index (κ1) is 13.1. The van der Waals surface area contributed by atoms with Crippen LogP contribution in [0.3, 0.4) is 0 Å². The highest BCUT2D eigenvalue weighted by Gasteiger charge is 2.32. The standard InChI is InChI=1S/C14H21N3OS/c1-3-16-6-8-17(9-7-16)14-15-12(11-4-5-11)13(19-14)10(2)18/h11H,3-9H2,1-2H3. The van der Waals surface area contributed by atoms with Gasteiger partial charge in [0.2, 0.25) is 0 Å². The number of piperazine rings is 1. The third kappa shape index (κ3) is 2.67. The molecule has 0 unspecified atom stereocenters. The van der Waals surface area contributed by atoms with Gasteiger partial charge in [-0.2, -0.15) is 0 Å². The summed E-state index contributed by atoms with van der Waals surface area (Å²) in [7, 11) is 0. The number of thiazole rings is 1. The summed E-state index contributed by atoms with van der Waals surface area (Å²) in [4.78, 5) is 22.2. The van der Waals surface area contributed by atoms with E-state index in [1.165, 1.54) is 12.8 Å². The molecule has 2 heterocycles. The third-order valence-electron chi connectivity index (χ3n) is 4.02. The van der Waals surface area contributed by atoms with Crippen LogP contribution in [0.1, 0.15) is 48.0 Å². The fourth-order valence-electron chi connectivity index (χ4n) is 2.60. The molecule has 104 valence electrons. The second-order valence-corrected chi connectivity index (χ2v) is 6.44. The van der Waals surface area contributed by atoms with Crippen LogP contribution < -0.4 is 4.90 Å². The van der Waals surface area contributed by atoms with Crippen molar-refractivity contribution >= 4 is 22.3 Å². The van der Waals surface area contributed by atoms with Crippen molar-refractivity contribution in [1.29, 1.82) is 0 Å². The second kappa shape index (κ2) is 5.21. The Morgan fingerprint density at radius 2 is 2.00 bits per heavy atom. The fourth-order valence-corrected chi connectivity index (χ4v) is 3.70. The maximum Gasteiger partial charge on any atom is 0.186 e. The predicted octanol–water partition coefficient (Wildman–Crippen LogP) is 2.37. The van der Waals surface area contributed by atoms with Gasteiger partial charge in [-0.05, 0) is 19.4 Å². The van der Waals surface area contributed by atoms with Crippen LogP contribution in [0.2, 0.25) is 0 Å². The SMILES string of the molecule is CCN1CCN(c2nc(C3CC3)c(C(C)=O)s2)CC1. The maximum atomic E-state index is 11.7. The van der Waals surface area contributed by atoms with E-state index in [0.717, 1.165) is 48.4 Å². The molecule has 0 aromatic carbocycles. The van der Waals surface area contributed by atoms with Crippen molar-refractivity contribution in [2.45, 2.75) is 32.6 Å². The number of carbonyl (C=O) groups is 1. The van der Waals surface area contributed by atoms with Gasteiger partial charge in [-0.1, -0.05) is 18.3 Å². The van der Waals surface area contributed by atoms with Gasteiger partial charge in [0.1, 0.15) is 0 Å². The molecule has 3 rings (SSSR count). The van der Waals surface area contributed by atoms with Crippen LogP contribution in [0.5, 0.6) is 0 Å². The quantitative estimate of drug-likeness (QED) is 0.793. The Morgan fingerprint density at radius 1 is 1.32 bits per heavy atom. The predicted molar refractivity (Wildman–Crippen MR) is 78.4 cm³/mol. The van der Waals surface area contributed by atoms with Crippen LogP contribution in [0.25, 0.3) is 0 Å². The van der Waals surface area contributed by atoms with Crippen molar-refractivity contribution in [2.24, 2.45) is 0 Å². The normalized spacial score (nSPS) is 20.8. The summed E-state index contributed by atoms with van der Waals surface area (Å²) >= 11 is 1.60. The lowest BCUT2D eigenvalue weighted by atomic mass is 10.2. The summed E-state index contributed by atoms with van der Waals surface area (Å²) < 4.78 is 0. The average molecular weight is 279 g/mol. The first-order valence-corrected chi connectivity index (χ1v) is 7.99. The van der Waals surface area contributed by atoms with Crippen LogP contribution in [0.4, 0.5) is 5.13 Å². The molecule has 0 amide bonds. The molecule has 1 aliphatic carbocycles. The van der Waals surface area contributed by atoms with Gasteiger partial charge in [-0.25, -0.2) is 4.98 Å². The van der Waals surface area contributed by atoms with Crippen molar-refractivity contribution in [3.8, 4) is 0 Å². The van der Waals surface area contributed by atoms with Crippen LogP contribution in [-0.4, -0.2) is 48.4 Å². The highest BCUT2D eigenvalue weighted by atomic mass is 32.1. The molecular formula is C14H21N3OS. The number of likely N-dealkylation sites (N-methyl/N-ethyl adjacent to an activating group) is 1. The molecule has 0 bridgehead atoms. The van der Waals surface area contributed by atoms with E-state index in [-0.39, 0.29) is 5.78 Å². The Bertz CT molecular complexity index is 473. The molecule has 1 aromatic heterocycles. The zero-order valence-corrected chi connectivity index (χ0v) is 12.5. The number of ketones is 1. The van der Waals surface area contributed by atoms with E-state index in [4.69, 9.17) is 4.98 Å². The molecule has 5 heteroatoms. The molecular weight excluding hydrogens is 258 g/mol. The number of aromatic nitrogens is 1. The summed E-state index contributed by atoms with van der Waals surface area (Å²) in [6.07, 6.45) is 2.40. The Hall–Kier alpha value is -0.940. The highest BCUT2D eigenvalue weighted by Crippen LogP contribution is 2.44. The number of carbonyl (C=O) groups excluding carboxylic acids is 1. The molecule has 19 heavy (non-hydrogen) atoms. The number of hydrogen-bond donors (Lipinski definition) is 0. The van der Waals surface area contributed by atoms with E-state index < -0.39 is 0 Å². The van der Waals surface area contributed by atoms with E-state index in [1.54, 1.807) is 18.3 Å². The Kier molecular flexibility index (Phi) is 3.58. The van der Waals surface area contributed by atoms with Crippen molar-refractivity contribution in [2.75, 3.05) is 37.6 Å². The van der Waals surface area contributed by atoms with Gasteiger partial charge in [0.05, 0.1) is 10.6 Å². The Labute approximate surface area is 118 Å². The largest absolute Gasteiger partial charge is 0.346 e. The second-order valence-electron chi connectivity index (χ2n) is 5.46. The summed E-state index contributed by atoms with van der Waals surface area (Å²) in [5, 5.41) is 1.06. The summed E-state index contributed by atoms with van der Waals surface area (Å²) in [5.74, 6) is 0.735. The van der Waals surface area contributed by atoms with Gasteiger partial charge in [-0.3, -0.25) is 4.79 Å². The lowest BCUT2D eigenvalue weighted by Gasteiger charge is -2.33. The molecule has 0 radical (unpaired) electrons. The number of Topliss-reactive ketones (excluding diaryl/α,β-unsaturated/α-hetero) is 1. The lowest BCUT2D eigenvalue weighted by molar-refractivity contribution is 0.102. The molecule has 2 fully saturated rings. The summed E-state index contributed by atoms with van der Waals surface area (Å²) in [5.41, 5.74) is 1.07. The molecule has 0 spiro atoms. The van der Waals surface area contributed by atoms with Gasteiger partial charge < -0.3 is 9.80 Å². The number of hydrogen-bond acceptors (Lipinski definition) is 5. The summed E-state index contributed by atoms with van der Waals surface area (Å²) in [6, 6.07) is 0. The Balaban J connectivity index is 1.78. The van der Waals surface area contributed by atoms with Crippen LogP contribution in [0.15, 0.2) is 0 Å². The van der Waals surface area contributed by atoms with Gasteiger partial charge in [-0.15, -0.1) is 0 Å². The van der Waals surface area contributed by atoms with Gasteiger partial charge in [0, 0.05) is 39.0 Å². The third-order valence-corrected chi connectivity index (χ3v) is 5.25. The average Bonchev–Trinajstić information content (AvgIpc) is 3.17. The van der Waals surface area contributed by atoms with E-state index in [2.05, 4.69) is 16.7 Å². The van der Waals surface area contributed by atoms with Crippen molar-refractivity contribution in [3.63, 3.8) is 0 Å². The smallest absolute Gasteiger partial charge is 0.186 e. The monoisotopic (exact) mass is 279 g/mol. The zero-order chi connectivity index (χ0) is 13.4. The van der Waals surface area contributed by atoms with Crippen LogP contribution >= 0.6 is 11.3 Å². The van der Waals surface area contributed by atoms with E-state index in [9.17, 15) is 4.79 Å². The van der Waals surface area contributed by atoms with Crippen molar-refractivity contribution in [3.05, 3.63) is 10.6 Å². The maximum absolute atomic E-state index is 11.7. The first-order chi connectivity index (χ1) is 9.19. The minimum absolute atomic E-state index is 0.179. The fraction of sp³-hybridized carbons (Fsp3) is 0.714. The van der Waals surface area contributed by atoms with Gasteiger partial charge in [0.25, 0.3) is 0 Å². The first-order valence-electron chi connectivity index (χ1n) is 7.18. The molecule has 4 nitrogen and oxygen atoms in total. The lowest BCUT2D eigenvalue weighted by Crippen LogP contribution is -2.46. The van der Waals surface area contributed by atoms with Crippen LogP contribution in [-0.2, 0) is 0 Å². The van der Waals surface area contributed by atoms with Crippen molar-refractivity contribution < 1.29 is 4.79 Å². The van der Waals surface area contributed by atoms with E-state index in [1.807, 2.05) is 0 Å². The molecule has 1 saturated heterocycles. The van der Waals surface area contributed by atoms with Gasteiger partial charge >= 0.3 is 0 Å². The Morgan fingerprint density at radius 3 is 2.53 bits per heavy atom. The van der Waals surface area contributed by atoms with Crippen molar-refractivity contribution in [1.82, 2.24) is 9.88 Å². The van der Waals surface area contributed by atoms with Crippen LogP contribution in [0, 0.1) is 0 Å². The minimum Gasteiger partial charge on any atom is -0.346 e. The number of nitrogens with zero attached hydrogens (tertiary/aromatic N) is 3. The molecule has 1 saturated carbocycles.